The molecule has 0 amide bonds. The average molecular weight is 315 g/mol. The van der Waals surface area contributed by atoms with E-state index >= 15 is 0 Å². The summed E-state index contributed by atoms with van der Waals surface area (Å²) in [6.45, 7) is 4.74. The first-order valence-electron chi connectivity index (χ1n) is 8.01. The minimum absolute atomic E-state index is 0.826. The molecule has 5 nitrogen and oxygen atoms in total. The first kappa shape index (κ1) is 17.5. The first-order chi connectivity index (χ1) is 10.9. The lowest BCUT2D eigenvalue weighted by atomic mass is 10.1. The van der Waals surface area contributed by atoms with Crippen molar-refractivity contribution in [2.45, 2.75) is 26.6 Å². The molecular formula is C18H29N5. The molecule has 0 fully saturated rings. The van der Waals surface area contributed by atoms with Crippen molar-refractivity contribution in [1.82, 2.24) is 20.0 Å². The number of hydrogen-bond acceptors (Lipinski definition) is 4. The van der Waals surface area contributed by atoms with E-state index in [1.165, 1.54) is 16.7 Å². The van der Waals surface area contributed by atoms with Gasteiger partial charge in [-0.2, -0.15) is 5.10 Å². The number of aromatic nitrogens is 2. The molecule has 1 aromatic heterocycles. The Labute approximate surface area is 139 Å². The largest absolute Gasteiger partial charge is 0.363 e. The molecule has 1 N–H and O–H groups in total. The van der Waals surface area contributed by atoms with Crippen LogP contribution in [0.15, 0.2) is 24.3 Å². The second-order valence-corrected chi connectivity index (χ2v) is 6.56. The van der Waals surface area contributed by atoms with Crippen molar-refractivity contribution in [1.29, 1.82) is 0 Å². The van der Waals surface area contributed by atoms with E-state index in [1.807, 2.05) is 11.7 Å². The molecule has 0 unspecified atom stereocenters. The summed E-state index contributed by atoms with van der Waals surface area (Å²) in [6, 6.07) is 8.82. The maximum absolute atomic E-state index is 4.53. The van der Waals surface area contributed by atoms with Crippen LogP contribution >= 0.6 is 0 Å². The van der Waals surface area contributed by atoms with Crippen LogP contribution in [0.3, 0.4) is 0 Å². The number of anilines is 1. The molecule has 1 heterocycles. The van der Waals surface area contributed by atoms with Gasteiger partial charge in [0.2, 0.25) is 0 Å². The van der Waals surface area contributed by atoms with E-state index in [0.717, 1.165) is 31.1 Å². The molecule has 5 heteroatoms. The average Bonchev–Trinajstić information content (AvgIpc) is 2.74. The Bertz CT molecular complexity index is 626. The predicted octanol–water partition coefficient (Wildman–Crippen LogP) is 2.15. The fourth-order valence-corrected chi connectivity index (χ4v) is 2.92. The Morgan fingerprint density at radius 3 is 2.17 bits per heavy atom. The Kier molecular flexibility index (Phi) is 5.80. The van der Waals surface area contributed by atoms with Crippen LogP contribution in [0, 0.1) is 6.92 Å². The van der Waals surface area contributed by atoms with Gasteiger partial charge in [0.25, 0.3) is 0 Å². The summed E-state index contributed by atoms with van der Waals surface area (Å²) in [4.78, 5) is 4.30. The van der Waals surface area contributed by atoms with Crippen LogP contribution in [0.1, 0.15) is 22.4 Å². The van der Waals surface area contributed by atoms with Crippen LogP contribution in [0.25, 0.3) is 0 Å². The van der Waals surface area contributed by atoms with Gasteiger partial charge in [-0.1, -0.05) is 24.3 Å². The van der Waals surface area contributed by atoms with E-state index in [1.54, 1.807) is 0 Å². The Balaban J connectivity index is 1.95. The van der Waals surface area contributed by atoms with E-state index < -0.39 is 0 Å². The van der Waals surface area contributed by atoms with E-state index in [-0.39, 0.29) is 0 Å². The minimum Gasteiger partial charge on any atom is -0.363 e. The second-order valence-electron chi connectivity index (χ2n) is 6.56. The van der Waals surface area contributed by atoms with Gasteiger partial charge in [-0.25, -0.2) is 0 Å². The highest BCUT2D eigenvalue weighted by Crippen LogP contribution is 2.21. The van der Waals surface area contributed by atoms with Crippen molar-refractivity contribution in [2.24, 2.45) is 7.05 Å². The molecule has 23 heavy (non-hydrogen) atoms. The molecule has 0 aliphatic rings. The van der Waals surface area contributed by atoms with Gasteiger partial charge in [-0.15, -0.1) is 0 Å². The summed E-state index contributed by atoms with van der Waals surface area (Å²) in [5.74, 6) is 1.16. The van der Waals surface area contributed by atoms with Crippen LogP contribution < -0.4 is 10.2 Å². The van der Waals surface area contributed by atoms with Crippen LogP contribution in [0.4, 0.5) is 5.82 Å². The molecule has 2 rings (SSSR count). The zero-order valence-corrected chi connectivity index (χ0v) is 15.2. The predicted molar refractivity (Wildman–Crippen MR) is 96.6 cm³/mol. The smallest absolute Gasteiger partial charge is 0.130 e. The highest BCUT2D eigenvalue weighted by Gasteiger charge is 2.14. The summed E-state index contributed by atoms with van der Waals surface area (Å²) in [5.41, 5.74) is 5.00. The number of benzene rings is 1. The summed E-state index contributed by atoms with van der Waals surface area (Å²) in [7, 11) is 10.3. The van der Waals surface area contributed by atoms with Gasteiger partial charge in [-0.3, -0.25) is 4.68 Å². The summed E-state index contributed by atoms with van der Waals surface area (Å²) < 4.78 is 1.95. The van der Waals surface area contributed by atoms with Crippen LogP contribution in [-0.4, -0.2) is 42.9 Å². The fourth-order valence-electron chi connectivity index (χ4n) is 2.92. The van der Waals surface area contributed by atoms with Crippen molar-refractivity contribution >= 4 is 5.82 Å². The number of nitrogens with one attached hydrogen (secondary N) is 1. The molecule has 126 valence electrons. The maximum atomic E-state index is 4.53. The lowest BCUT2D eigenvalue weighted by Crippen LogP contribution is -2.19. The topological polar surface area (TPSA) is 36.3 Å². The number of nitrogens with zero attached hydrogens (tertiary/aromatic N) is 4. The van der Waals surface area contributed by atoms with Crippen molar-refractivity contribution < 1.29 is 0 Å². The minimum atomic E-state index is 0.826. The zero-order valence-electron chi connectivity index (χ0n) is 15.2. The molecule has 2 aromatic rings. The van der Waals surface area contributed by atoms with Crippen molar-refractivity contribution in [2.75, 3.05) is 33.1 Å². The lowest BCUT2D eigenvalue weighted by Gasteiger charge is -2.16. The standard InChI is InChI=1S/C18H29N5/c1-14-17(18(22(4)5)23(6)20-14)12-19-11-15-7-9-16(10-8-15)13-21(2)3/h7-10,19H,11-13H2,1-6H3. The maximum Gasteiger partial charge on any atom is 0.130 e. The third kappa shape index (κ3) is 4.56. The summed E-state index contributed by atoms with van der Waals surface area (Å²) in [5, 5.41) is 8.06. The molecule has 0 bridgehead atoms. The SMILES string of the molecule is Cc1nn(C)c(N(C)C)c1CNCc1ccc(CN(C)C)cc1. The number of hydrogen-bond donors (Lipinski definition) is 1. The van der Waals surface area contributed by atoms with E-state index in [2.05, 4.69) is 79.6 Å². The van der Waals surface area contributed by atoms with E-state index in [4.69, 9.17) is 0 Å². The van der Waals surface area contributed by atoms with Gasteiger partial charge in [0, 0.05) is 46.3 Å². The van der Waals surface area contributed by atoms with E-state index in [9.17, 15) is 0 Å². The molecule has 0 aliphatic heterocycles. The van der Waals surface area contributed by atoms with Gasteiger partial charge in [0.05, 0.1) is 5.69 Å². The van der Waals surface area contributed by atoms with Crippen LogP contribution in [-0.2, 0) is 26.7 Å². The van der Waals surface area contributed by atoms with Gasteiger partial charge in [0.1, 0.15) is 5.82 Å². The first-order valence-corrected chi connectivity index (χ1v) is 8.01. The fraction of sp³-hybridized carbons (Fsp3) is 0.500. The number of aryl methyl sites for hydroxylation is 2. The Morgan fingerprint density at radius 2 is 1.61 bits per heavy atom. The van der Waals surface area contributed by atoms with Crippen molar-refractivity contribution in [3.8, 4) is 0 Å². The molecule has 0 radical (unpaired) electrons. The number of rotatable bonds is 7. The molecule has 0 atom stereocenters. The highest BCUT2D eigenvalue weighted by molar-refractivity contribution is 5.48. The normalized spacial score (nSPS) is 11.3. The van der Waals surface area contributed by atoms with E-state index in [0.29, 0.717) is 0 Å². The zero-order chi connectivity index (χ0) is 17.0. The molecule has 0 aliphatic carbocycles. The highest BCUT2D eigenvalue weighted by atomic mass is 15.4. The van der Waals surface area contributed by atoms with Gasteiger partial charge >= 0.3 is 0 Å². The summed E-state index contributed by atoms with van der Waals surface area (Å²) in [6.07, 6.45) is 0. The van der Waals surface area contributed by atoms with Crippen molar-refractivity contribution in [3.05, 3.63) is 46.6 Å². The third-order valence-corrected chi connectivity index (χ3v) is 3.89. The van der Waals surface area contributed by atoms with Crippen molar-refractivity contribution in [3.63, 3.8) is 0 Å². The molecule has 0 saturated carbocycles. The quantitative estimate of drug-likeness (QED) is 0.849. The van der Waals surface area contributed by atoms with Crippen LogP contribution in [0.2, 0.25) is 0 Å². The van der Waals surface area contributed by atoms with Gasteiger partial charge in [-0.05, 0) is 32.1 Å². The Morgan fingerprint density at radius 1 is 1.00 bits per heavy atom. The van der Waals surface area contributed by atoms with Crippen LogP contribution in [0.5, 0.6) is 0 Å². The lowest BCUT2D eigenvalue weighted by molar-refractivity contribution is 0.402. The van der Waals surface area contributed by atoms with Gasteiger partial charge < -0.3 is 15.1 Å². The molecular weight excluding hydrogens is 286 g/mol. The summed E-state index contributed by atoms with van der Waals surface area (Å²) >= 11 is 0. The molecule has 0 spiro atoms. The second kappa shape index (κ2) is 7.62. The molecule has 1 aromatic carbocycles. The third-order valence-electron chi connectivity index (χ3n) is 3.89. The van der Waals surface area contributed by atoms with Gasteiger partial charge in [0.15, 0.2) is 0 Å². The molecule has 0 saturated heterocycles. The Hall–Kier alpha value is -1.85. The monoisotopic (exact) mass is 315 g/mol.